The predicted molar refractivity (Wildman–Crippen MR) is 77.0 cm³/mol. The molecule has 0 aliphatic heterocycles. The van der Waals surface area contributed by atoms with Crippen molar-refractivity contribution in [1.29, 1.82) is 0 Å². The average Bonchev–Trinajstić information content (AvgIpc) is 2.85. The molecule has 4 nitrogen and oxygen atoms in total. The summed E-state index contributed by atoms with van der Waals surface area (Å²) in [4.78, 5) is 11.8. The molecule has 19 heavy (non-hydrogen) atoms. The van der Waals surface area contributed by atoms with Gasteiger partial charge in [0.2, 0.25) is 5.91 Å². The number of amides is 1. The first-order valence-electron chi connectivity index (χ1n) is 5.95. The van der Waals surface area contributed by atoms with Gasteiger partial charge < -0.3 is 5.32 Å². The molecule has 1 aromatic carbocycles. The van der Waals surface area contributed by atoms with Gasteiger partial charge in [0, 0.05) is 23.7 Å². The molecule has 0 spiro atoms. The van der Waals surface area contributed by atoms with E-state index >= 15 is 0 Å². The lowest BCUT2D eigenvalue weighted by Gasteiger charge is -2.04. The van der Waals surface area contributed by atoms with Crippen LogP contribution >= 0.6 is 11.6 Å². The Morgan fingerprint density at radius 2 is 2.11 bits per heavy atom. The number of anilines is 1. The lowest BCUT2D eigenvalue weighted by atomic mass is 10.2. The molecule has 0 atom stereocenters. The smallest absolute Gasteiger partial charge is 0.249 e. The molecule has 5 heteroatoms. The number of nitrogens with one attached hydrogen (secondary N) is 1. The molecular weight excluding hydrogens is 262 g/mol. The van der Waals surface area contributed by atoms with Crippen molar-refractivity contribution in [3.63, 3.8) is 0 Å². The Morgan fingerprint density at radius 1 is 1.37 bits per heavy atom. The van der Waals surface area contributed by atoms with Gasteiger partial charge in [-0.3, -0.25) is 4.79 Å². The summed E-state index contributed by atoms with van der Waals surface area (Å²) in [5, 5.41) is 7.53. The zero-order valence-electron chi connectivity index (χ0n) is 10.5. The molecule has 0 aliphatic rings. The van der Waals surface area contributed by atoms with Gasteiger partial charge in [-0.15, -0.1) is 0 Å². The van der Waals surface area contributed by atoms with Crippen molar-refractivity contribution in [2.45, 2.75) is 13.5 Å². The van der Waals surface area contributed by atoms with Gasteiger partial charge in [0.15, 0.2) is 0 Å². The number of rotatable bonds is 4. The number of nitrogens with zero attached hydrogens (tertiary/aromatic N) is 2. The number of hydrogen-bond donors (Lipinski definition) is 1. The first-order valence-corrected chi connectivity index (χ1v) is 6.33. The Balaban J connectivity index is 1.99. The number of aryl methyl sites for hydroxylation is 1. The minimum atomic E-state index is -0.190. The van der Waals surface area contributed by atoms with Crippen LogP contribution in [0.25, 0.3) is 6.08 Å². The highest BCUT2D eigenvalue weighted by atomic mass is 35.5. The van der Waals surface area contributed by atoms with E-state index in [2.05, 4.69) is 10.4 Å². The number of hydrogen-bond acceptors (Lipinski definition) is 2. The molecule has 2 aromatic rings. The maximum atomic E-state index is 11.8. The molecule has 0 unspecified atom stereocenters. The topological polar surface area (TPSA) is 46.9 Å². The molecule has 1 N–H and O–H groups in total. The lowest BCUT2D eigenvalue weighted by molar-refractivity contribution is -0.111. The van der Waals surface area contributed by atoms with E-state index in [9.17, 15) is 4.79 Å². The van der Waals surface area contributed by atoms with E-state index in [1.807, 2.05) is 19.1 Å². The first kappa shape index (κ1) is 13.4. The minimum Gasteiger partial charge on any atom is -0.307 e. The Labute approximate surface area is 116 Å². The van der Waals surface area contributed by atoms with Crippen LogP contribution < -0.4 is 5.32 Å². The predicted octanol–water partition coefficient (Wildman–Crippen LogP) is 3.21. The van der Waals surface area contributed by atoms with Crippen LogP contribution in [-0.4, -0.2) is 15.7 Å². The van der Waals surface area contributed by atoms with Gasteiger partial charge in [0.05, 0.1) is 6.20 Å². The van der Waals surface area contributed by atoms with E-state index in [4.69, 9.17) is 11.6 Å². The van der Waals surface area contributed by atoms with Gasteiger partial charge in [0.1, 0.15) is 5.82 Å². The molecular formula is C14H14ClN3O. The number of carbonyl (C=O) groups excluding carboxylic acids is 1. The normalized spacial score (nSPS) is 10.8. The van der Waals surface area contributed by atoms with Crippen LogP contribution in [0.4, 0.5) is 5.82 Å². The summed E-state index contributed by atoms with van der Waals surface area (Å²) in [6.45, 7) is 2.68. The monoisotopic (exact) mass is 275 g/mol. The Hall–Kier alpha value is -2.07. The molecule has 0 saturated heterocycles. The van der Waals surface area contributed by atoms with Gasteiger partial charge in [-0.25, -0.2) is 4.68 Å². The van der Waals surface area contributed by atoms with E-state index < -0.39 is 0 Å². The van der Waals surface area contributed by atoms with Gasteiger partial charge in [-0.1, -0.05) is 23.7 Å². The Kier molecular flexibility index (Phi) is 4.36. The third-order valence-electron chi connectivity index (χ3n) is 2.56. The molecule has 98 valence electrons. The third-order valence-corrected chi connectivity index (χ3v) is 2.82. The van der Waals surface area contributed by atoms with Crippen molar-refractivity contribution in [3.8, 4) is 0 Å². The van der Waals surface area contributed by atoms with E-state index in [-0.39, 0.29) is 5.91 Å². The molecule has 1 amide bonds. The van der Waals surface area contributed by atoms with Crippen molar-refractivity contribution < 1.29 is 4.79 Å². The SMILES string of the molecule is CCn1nccc1NC(=O)/C=C/c1ccc(Cl)cc1. The summed E-state index contributed by atoms with van der Waals surface area (Å²) in [7, 11) is 0. The average molecular weight is 276 g/mol. The second-order valence-corrected chi connectivity index (χ2v) is 4.34. The highest BCUT2D eigenvalue weighted by Crippen LogP contribution is 2.11. The first-order chi connectivity index (χ1) is 9.19. The highest BCUT2D eigenvalue weighted by molar-refractivity contribution is 6.30. The quantitative estimate of drug-likeness (QED) is 0.871. The zero-order valence-corrected chi connectivity index (χ0v) is 11.3. The number of halogens is 1. The molecule has 0 fully saturated rings. The number of aromatic nitrogens is 2. The fraction of sp³-hybridized carbons (Fsp3) is 0.143. The molecule has 0 bridgehead atoms. The summed E-state index contributed by atoms with van der Waals surface area (Å²) in [6, 6.07) is 9.03. The summed E-state index contributed by atoms with van der Waals surface area (Å²) in [5.74, 6) is 0.499. The Morgan fingerprint density at radius 3 is 2.79 bits per heavy atom. The van der Waals surface area contributed by atoms with Gasteiger partial charge in [-0.05, 0) is 30.7 Å². The second kappa shape index (κ2) is 6.20. The van der Waals surface area contributed by atoms with Crippen molar-refractivity contribution in [1.82, 2.24) is 9.78 Å². The molecule has 2 rings (SSSR count). The molecule has 1 aromatic heterocycles. The fourth-order valence-corrected chi connectivity index (χ4v) is 1.73. The van der Waals surface area contributed by atoms with Crippen LogP contribution in [0.3, 0.4) is 0 Å². The summed E-state index contributed by atoms with van der Waals surface area (Å²) in [5.41, 5.74) is 0.920. The van der Waals surface area contributed by atoms with Gasteiger partial charge in [-0.2, -0.15) is 5.10 Å². The van der Waals surface area contributed by atoms with Crippen LogP contribution in [0.1, 0.15) is 12.5 Å². The second-order valence-electron chi connectivity index (χ2n) is 3.91. The van der Waals surface area contributed by atoms with Crippen LogP contribution in [0.15, 0.2) is 42.6 Å². The standard InChI is InChI=1S/C14H14ClN3O/c1-2-18-13(9-10-16-18)17-14(19)8-5-11-3-6-12(15)7-4-11/h3-10H,2H2,1H3,(H,17,19)/b8-5+. The third kappa shape index (κ3) is 3.69. The van der Waals surface area contributed by atoms with Gasteiger partial charge in [0.25, 0.3) is 0 Å². The molecule has 0 aliphatic carbocycles. The van der Waals surface area contributed by atoms with Crippen LogP contribution in [0, 0.1) is 0 Å². The van der Waals surface area contributed by atoms with Crippen molar-refractivity contribution in [3.05, 3.63) is 53.2 Å². The fourth-order valence-electron chi connectivity index (χ4n) is 1.60. The summed E-state index contributed by atoms with van der Waals surface area (Å²) >= 11 is 5.79. The van der Waals surface area contributed by atoms with Gasteiger partial charge >= 0.3 is 0 Å². The maximum absolute atomic E-state index is 11.8. The number of benzene rings is 1. The van der Waals surface area contributed by atoms with E-state index in [1.165, 1.54) is 6.08 Å². The maximum Gasteiger partial charge on any atom is 0.249 e. The Bertz CT molecular complexity index is 587. The zero-order chi connectivity index (χ0) is 13.7. The molecule has 1 heterocycles. The lowest BCUT2D eigenvalue weighted by Crippen LogP contribution is -2.12. The molecule has 0 saturated carbocycles. The van der Waals surface area contributed by atoms with E-state index in [1.54, 1.807) is 35.2 Å². The van der Waals surface area contributed by atoms with Crippen LogP contribution in [0.5, 0.6) is 0 Å². The van der Waals surface area contributed by atoms with Crippen molar-refractivity contribution >= 4 is 29.4 Å². The van der Waals surface area contributed by atoms with Crippen LogP contribution in [-0.2, 0) is 11.3 Å². The summed E-state index contributed by atoms with van der Waals surface area (Å²) < 4.78 is 1.72. The largest absolute Gasteiger partial charge is 0.307 e. The molecule has 0 radical (unpaired) electrons. The van der Waals surface area contributed by atoms with Crippen molar-refractivity contribution in [2.75, 3.05) is 5.32 Å². The minimum absolute atomic E-state index is 0.190. The summed E-state index contributed by atoms with van der Waals surface area (Å²) in [6.07, 6.45) is 4.87. The van der Waals surface area contributed by atoms with Crippen molar-refractivity contribution in [2.24, 2.45) is 0 Å². The van der Waals surface area contributed by atoms with E-state index in [0.717, 1.165) is 5.56 Å². The van der Waals surface area contributed by atoms with E-state index in [0.29, 0.717) is 17.4 Å². The highest BCUT2D eigenvalue weighted by Gasteiger charge is 2.02. The van der Waals surface area contributed by atoms with Crippen LogP contribution in [0.2, 0.25) is 5.02 Å². The number of carbonyl (C=O) groups is 1.